The van der Waals surface area contributed by atoms with Gasteiger partial charge in [-0.15, -0.1) is 59.2 Å². The predicted molar refractivity (Wildman–Crippen MR) is 488 cm³/mol. The molecule has 624 valence electrons. The summed E-state index contributed by atoms with van der Waals surface area (Å²) in [6, 6.07) is 0. The summed E-state index contributed by atoms with van der Waals surface area (Å²) in [6.45, 7) is 132. The first kappa shape index (κ1) is 141. The molecule has 0 saturated carbocycles. The van der Waals surface area contributed by atoms with Gasteiger partial charge < -0.3 is 37.9 Å². The molecule has 0 amide bonds. The van der Waals surface area contributed by atoms with E-state index in [1.807, 2.05) is 180 Å². The number of allylic oxidation sites excluding steroid dienone is 17. The molecule has 8 nitrogen and oxygen atoms in total. The van der Waals surface area contributed by atoms with Crippen molar-refractivity contribution in [2.75, 3.05) is 53.4 Å². The third-order valence-electron chi connectivity index (χ3n) is 8.02. The molecule has 0 atom stereocenters. The number of methoxy groups -OCH3 is 1. The zero-order valence-electron chi connectivity index (χ0n) is 77.6. The summed E-state index contributed by atoms with van der Waals surface area (Å²) in [5.74, 6) is 6.49. The van der Waals surface area contributed by atoms with Crippen LogP contribution in [0.4, 0.5) is 0 Å². The summed E-state index contributed by atoms with van der Waals surface area (Å²) in [4.78, 5) is 0. The van der Waals surface area contributed by atoms with Crippen LogP contribution in [0.2, 0.25) is 0 Å². The van der Waals surface area contributed by atoms with Crippen LogP contribution in [-0.4, -0.2) is 53.4 Å². The monoisotopic (exact) mass is 1470 g/mol. The Balaban J connectivity index is -0.0000000524. The summed E-state index contributed by atoms with van der Waals surface area (Å²) in [5.41, 5.74) is 10.5. The van der Waals surface area contributed by atoms with Crippen molar-refractivity contribution in [3.8, 4) is 0 Å². The van der Waals surface area contributed by atoms with Crippen molar-refractivity contribution < 1.29 is 37.9 Å². The quantitative estimate of drug-likeness (QED) is 0.0349. The number of ether oxygens (including phenoxy) is 8. The second-order valence-electron chi connectivity index (χ2n) is 27.5. The molecular formula is C96H192O8. The third-order valence-corrected chi connectivity index (χ3v) is 8.02. The van der Waals surface area contributed by atoms with Crippen LogP contribution >= 0.6 is 0 Å². The molecule has 0 rings (SSSR count). The van der Waals surface area contributed by atoms with E-state index in [-0.39, 0.29) is 0 Å². The van der Waals surface area contributed by atoms with E-state index in [4.69, 9.17) is 33.2 Å². The second-order valence-corrected chi connectivity index (χ2v) is 27.5. The van der Waals surface area contributed by atoms with Crippen LogP contribution in [0.3, 0.4) is 0 Å². The zero-order valence-corrected chi connectivity index (χ0v) is 77.6. The van der Waals surface area contributed by atoms with Gasteiger partial charge in [-0.3, -0.25) is 0 Å². The van der Waals surface area contributed by atoms with Gasteiger partial charge in [-0.25, -0.2) is 0 Å². The van der Waals surface area contributed by atoms with E-state index in [0.717, 1.165) is 112 Å². The van der Waals surface area contributed by atoms with E-state index in [1.165, 1.54) is 166 Å². The average Bonchev–Trinajstić information content (AvgIpc) is 3.71. The lowest BCUT2D eigenvalue weighted by molar-refractivity contribution is 0.208. The minimum atomic E-state index is 0.731. The molecule has 0 aliphatic carbocycles. The van der Waals surface area contributed by atoms with Gasteiger partial charge in [0.2, 0.25) is 0 Å². The molecule has 0 saturated heterocycles. The third kappa shape index (κ3) is 600. The van der Waals surface area contributed by atoms with Crippen molar-refractivity contribution in [3.05, 3.63) is 208 Å². The fourth-order valence-electron chi connectivity index (χ4n) is 4.37. The maximum absolute atomic E-state index is 5.25. The van der Waals surface area contributed by atoms with Crippen molar-refractivity contribution in [1.82, 2.24) is 0 Å². The number of unbranched alkanes of at least 4 members (excludes halogenated alkanes) is 15. The second kappa shape index (κ2) is 136. The highest BCUT2D eigenvalue weighted by Crippen LogP contribution is 2.07. The molecule has 0 bridgehead atoms. The highest BCUT2D eigenvalue weighted by molar-refractivity contribution is 4.83. The van der Waals surface area contributed by atoms with Crippen LogP contribution in [0.15, 0.2) is 208 Å². The largest absolute Gasteiger partial charge is 0.502 e. The summed E-state index contributed by atoms with van der Waals surface area (Å²) >= 11 is 0. The molecule has 8 heteroatoms. The van der Waals surface area contributed by atoms with Gasteiger partial charge in [0.15, 0.2) is 0 Å². The van der Waals surface area contributed by atoms with Gasteiger partial charge in [0.25, 0.3) is 0 Å². The first-order valence-electron chi connectivity index (χ1n) is 38.5. The van der Waals surface area contributed by atoms with Crippen LogP contribution < -0.4 is 0 Å². The van der Waals surface area contributed by atoms with Gasteiger partial charge in [0.05, 0.1) is 99.4 Å². The Kier molecular flexibility index (Phi) is 184. The molecule has 0 aromatic heterocycles. The molecule has 0 N–H and O–H groups in total. The Labute approximate surface area is 659 Å². The summed E-state index contributed by atoms with van der Waals surface area (Å²) < 4.78 is 40.3. The Morgan fingerprint density at radius 3 is 0.413 bits per heavy atom. The molecule has 0 aliphatic heterocycles. The standard InChI is InChI=1S/C11H22O.C10H20O.C9H18O.C8H16O.C7H14O.C6H12O.C5H10O.C4H8O.9C4H8/c1-4-5-6-7-8-9-10-12-11(2)3;1-4-5-6-7-8-9-11-10(2)3;1-4-5-6-7-8-10-9(2)3;1-4-5-6-7-9-8(2)3;1-4-5-6-8-7(2)3;1-4-5-7-6(2)3;1-4-6-5(2)3;1-4(2)5-3;9*1-4(2)3/h2,4-10H2,1,3H3;2,4-9H2,1,3H3;2,4-8H2,1,3H3;2,4-7H2,1,3H3;2,4-6H2,1,3H3;2,4-5H2,1,3H3;2,4H2,1,3H3;1H2,2-3H3;9*1H2,2-3H3. The van der Waals surface area contributed by atoms with E-state index >= 15 is 0 Å². The molecule has 0 fully saturated rings. The molecular weight excluding hydrogens is 1280 g/mol. The minimum Gasteiger partial charge on any atom is -0.502 e. The topological polar surface area (TPSA) is 73.8 Å². The Morgan fingerprint density at radius 1 is 0.163 bits per heavy atom. The fourth-order valence-corrected chi connectivity index (χ4v) is 4.37. The number of hydrogen-bond acceptors (Lipinski definition) is 8. The lowest BCUT2D eigenvalue weighted by Gasteiger charge is -2.03. The van der Waals surface area contributed by atoms with Crippen LogP contribution in [-0.2, 0) is 37.9 Å². The first-order valence-corrected chi connectivity index (χ1v) is 38.5. The van der Waals surface area contributed by atoms with Gasteiger partial charge in [-0.05, 0) is 225 Å². The van der Waals surface area contributed by atoms with E-state index < -0.39 is 0 Å². The zero-order chi connectivity index (χ0) is 86.3. The maximum atomic E-state index is 5.25. The average molecular weight is 1470 g/mol. The summed E-state index contributed by atoms with van der Waals surface area (Å²) in [7, 11) is 1.60. The maximum Gasteiger partial charge on any atom is 0.0876 e. The van der Waals surface area contributed by atoms with E-state index in [9.17, 15) is 0 Å². The van der Waals surface area contributed by atoms with Crippen LogP contribution in [0.25, 0.3) is 0 Å². The predicted octanol–water partition coefficient (Wildman–Crippen LogP) is 34.5. The minimum absolute atomic E-state index is 0.731. The molecule has 0 aliphatic rings. The molecule has 0 radical (unpaired) electrons. The van der Waals surface area contributed by atoms with Gasteiger partial charge in [-0.2, -0.15) is 0 Å². The highest BCUT2D eigenvalue weighted by atomic mass is 16.5. The lowest BCUT2D eigenvalue weighted by Crippen LogP contribution is -1.91. The summed E-state index contributed by atoms with van der Waals surface area (Å²) in [5, 5.41) is 0. The SMILES string of the molecule is C=C(C)C.C=C(C)C.C=C(C)C.C=C(C)C.C=C(C)C.C=C(C)C.C=C(C)C.C=C(C)C.C=C(C)C.C=C(C)OC.C=C(C)OCC.C=C(C)OCCC.C=C(C)OCCCC.C=C(C)OCCCCC.C=C(C)OCCCCCC.C=C(C)OCCCCCCC.C=C(C)OCCCCCCCC. The van der Waals surface area contributed by atoms with Gasteiger partial charge in [0, 0.05) is 0 Å². The molecule has 0 spiro atoms. The van der Waals surface area contributed by atoms with E-state index in [1.54, 1.807) is 14.0 Å². The van der Waals surface area contributed by atoms with Crippen molar-refractivity contribution in [3.63, 3.8) is 0 Å². The Hall–Kier alpha value is -6.02. The number of hydrogen-bond donors (Lipinski definition) is 0. The smallest absolute Gasteiger partial charge is 0.0876 e. The Bertz CT molecular complexity index is 1730. The van der Waals surface area contributed by atoms with Crippen molar-refractivity contribution in [2.24, 2.45) is 0 Å². The molecule has 0 heterocycles. The van der Waals surface area contributed by atoms with Gasteiger partial charge in [0.1, 0.15) is 0 Å². The van der Waals surface area contributed by atoms with Crippen molar-refractivity contribution in [1.29, 1.82) is 0 Å². The van der Waals surface area contributed by atoms with Crippen LogP contribution in [0.1, 0.15) is 363 Å². The number of rotatable bonds is 36. The van der Waals surface area contributed by atoms with E-state index in [0.29, 0.717) is 0 Å². The highest BCUT2D eigenvalue weighted by Gasteiger charge is 1.92. The van der Waals surface area contributed by atoms with Crippen molar-refractivity contribution >= 4 is 0 Å². The Morgan fingerprint density at radius 2 is 0.288 bits per heavy atom. The van der Waals surface area contributed by atoms with E-state index in [2.05, 4.69) is 158 Å². The first-order chi connectivity index (χ1) is 47.7. The normalized spacial score (nSPS) is 8.10. The molecule has 104 heavy (non-hydrogen) atoms. The van der Waals surface area contributed by atoms with Crippen LogP contribution in [0, 0.1) is 0 Å². The fraction of sp³-hybridized carbons (Fsp3) is 0.646. The molecule has 0 unspecified atom stereocenters. The molecule has 0 aromatic rings. The molecule has 0 aromatic carbocycles. The van der Waals surface area contributed by atoms with Crippen molar-refractivity contribution in [2.45, 2.75) is 363 Å². The van der Waals surface area contributed by atoms with Gasteiger partial charge >= 0.3 is 0 Å². The van der Waals surface area contributed by atoms with Gasteiger partial charge in [-0.1, -0.05) is 241 Å². The van der Waals surface area contributed by atoms with Crippen LogP contribution in [0.5, 0.6) is 0 Å². The summed E-state index contributed by atoms with van der Waals surface area (Å²) in [6.07, 6.45) is 26.5. The lowest BCUT2D eigenvalue weighted by atomic mass is 10.1.